The third kappa shape index (κ3) is 3.56. The van der Waals surface area contributed by atoms with Gasteiger partial charge in [0.1, 0.15) is 0 Å². The molecule has 0 aliphatic carbocycles. The van der Waals surface area contributed by atoms with Crippen molar-refractivity contribution in [2.75, 3.05) is 18.4 Å². The summed E-state index contributed by atoms with van der Waals surface area (Å²) in [5.41, 5.74) is 3.52. The summed E-state index contributed by atoms with van der Waals surface area (Å²) < 4.78 is 0. The number of likely N-dealkylation sites (tertiary alicyclic amines) is 1. The number of benzene rings is 2. The predicted octanol–water partition coefficient (Wildman–Crippen LogP) is 3.80. The first kappa shape index (κ1) is 15.8. The molecule has 128 valence electrons. The van der Waals surface area contributed by atoms with Crippen LogP contribution >= 0.6 is 0 Å². The molecule has 0 radical (unpaired) electrons. The third-order valence-corrected chi connectivity index (χ3v) is 4.80. The van der Waals surface area contributed by atoms with Gasteiger partial charge in [-0.15, -0.1) is 0 Å². The third-order valence-electron chi connectivity index (χ3n) is 4.80. The molecule has 1 amide bonds. The van der Waals surface area contributed by atoms with Gasteiger partial charge < -0.3 is 5.32 Å². The Morgan fingerprint density at radius 3 is 2.68 bits per heavy atom. The number of hydrogen-bond donors (Lipinski definition) is 2. The van der Waals surface area contributed by atoms with Crippen LogP contribution in [0.25, 0.3) is 10.9 Å². The highest BCUT2D eigenvalue weighted by Gasteiger charge is 2.12. The number of nitrogens with one attached hydrogen (secondary N) is 2. The first-order chi connectivity index (χ1) is 12.3. The van der Waals surface area contributed by atoms with Gasteiger partial charge in [0.05, 0.1) is 17.4 Å². The number of carbonyl (C=O) groups is 1. The summed E-state index contributed by atoms with van der Waals surface area (Å²) in [5.74, 6) is -0.105. The fourth-order valence-electron chi connectivity index (χ4n) is 3.40. The fourth-order valence-corrected chi connectivity index (χ4v) is 3.40. The van der Waals surface area contributed by atoms with E-state index in [1.54, 1.807) is 6.20 Å². The van der Waals surface area contributed by atoms with E-state index >= 15 is 0 Å². The van der Waals surface area contributed by atoms with E-state index in [0.29, 0.717) is 5.56 Å². The number of hydrogen-bond acceptors (Lipinski definition) is 3. The van der Waals surface area contributed by atoms with Crippen molar-refractivity contribution in [2.45, 2.75) is 25.8 Å². The lowest BCUT2D eigenvalue weighted by Crippen LogP contribution is -2.29. The molecule has 0 bridgehead atoms. The van der Waals surface area contributed by atoms with E-state index in [0.717, 1.165) is 23.1 Å². The molecule has 5 nitrogen and oxygen atoms in total. The van der Waals surface area contributed by atoms with Crippen molar-refractivity contribution in [3.05, 3.63) is 59.8 Å². The Kier molecular flexibility index (Phi) is 4.48. The van der Waals surface area contributed by atoms with Crippen LogP contribution in [0.15, 0.2) is 48.7 Å². The molecule has 3 aromatic rings. The monoisotopic (exact) mass is 334 g/mol. The standard InChI is InChI=1S/C20H22N4O/c25-20(22-18-6-4-5-17-13-21-23-19(17)18)16-9-7-15(8-10-16)14-24-11-2-1-3-12-24/h4-10,13H,1-3,11-12,14H2,(H,21,23)(H,22,25). The molecule has 1 fully saturated rings. The van der Waals surface area contributed by atoms with Crippen LogP contribution in [0.3, 0.4) is 0 Å². The number of H-pyrrole nitrogens is 1. The normalized spacial score (nSPS) is 15.4. The molecule has 2 N–H and O–H groups in total. The highest BCUT2D eigenvalue weighted by Crippen LogP contribution is 2.21. The number of aromatic amines is 1. The molecule has 2 aromatic carbocycles. The second kappa shape index (κ2) is 7.07. The maximum atomic E-state index is 12.5. The lowest BCUT2D eigenvalue weighted by molar-refractivity contribution is 0.102. The van der Waals surface area contributed by atoms with Gasteiger partial charge in [-0.05, 0) is 49.7 Å². The number of piperidine rings is 1. The SMILES string of the molecule is O=C(Nc1cccc2cn[nH]c12)c1ccc(CN2CCCCC2)cc1. The van der Waals surface area contributed by atoms with Crippen LogP contribution in [0.2, 0.25) is 0 Å². The molecule has 1 aliphatic rings. The Labute approximate surface area is 147 Å². The van der Waals surface area contributed by atoms with Crippen molar-refractivity contribution < 1.29 is 4.79 Å². The van der Waals surface area contributed by atoms with Gasteiger partial charge in [-0.2, -0.15) is 5.10 Å². The summed E-state index contributed by atoms with van der Waals surface area (Å²) in [7, 11) is 0. The van der Waals surface area contributed by atoms with Crippen LogP contribution in [-0.4, -0.2) is 34.1 Å². The first-order valence-electron chi connectivity index (χ1n) is 8.84. The molecular formula is C20H22N4O. The van der Waals surface area contributed by atoms with E-state index in [1.165, 1.54) is 37.9 Å². The molecule has 1 aromatic heterocycles. The van der Waals surface area contributed by atoms with E-state index in [9.17, 15) is 4.79 Å². The Bertz CT molecular complexity index is 863. The average Bonchev–Trinajstić information content (AvgIpc) is 3.13. The van der Waals surface area contributed by atoms with Crippen LogP contribution in [0, 0.1) is 0 Å². The topological polar surface area (TPSA) is 61.0 Å². The molecule has 1 aliphatic heterocycles. The van der Waals surface area contributed by atoms with Crippen LogP contribution in [0.1, 0.15) is 35.2 Å². The predicted molar refractivity (Wildman–Crippen MR) is 99.6 cm³/mol. The highest BCUT2D eigenvalue weighted by molar-refractivity contribution is 6.08. The number of amides is 1. The van der Waals surface area contributed by atoms with E-state index in [-0.39, 0.29) is 5.91 Å². The van der Waals surface area contributed by atoms with Gasteiger partial charge in [0, 0.05) is 17.5 Å². The molecule has 0 saturated carbocycles. The molecule has 5 heteroatoms. The van der Waals surface area contributed by atoms with Gasteiger partial charge in [-0.1, -0.05) is 30.7 Å². The van der Waals surface area contributed by atoms with Gasteiger partial charge in [0.15, 0.2) is 0 Å². The summed E-state index contributed by atoms with van der Waals surface area (Å²) >= 11 is 0. The fraction of sp³-hybridized carbons (Fsp3) is 0.300. The highest BCUT2D eigenvalue weighted by atomic mass is 16.1. The average molecular weight is 334 g/mol. The molecule has 2 heterocycles. The minimum absolute atomic E-state index is 0.105. The molecule has 0 unspecified atom stereocenters. The Morgan fingerprint density at radius 1 is 1.08 bits per heavy atom. The largest absolute Gasteiger partial charge is 0.320 e. The van der Waals surface area contributed by atoms with E-state index < -0.39 is 0 Å². The maximum Gasteiger partial charge on any atom is 0.255 e. The number of para-hydroxylation sites is 1. The van der Waals surface area contributed by atoms with Crippen molar-refractivity contribution in [2.24, 2.45) is 0 Å². The first-order valence-corrected chi connectivity index (χ1v) is 8.84. The molecular weight excluding hydrogens is 312 g/mol. The van der Waals surface area contributed by atoms with Gasteiger partial charge in [-0.25, -0.2) is 0 Å². The van der Waals surface area contributed by atoms with Crippen molar-refractivity contribution in [1.82, 2.24) is 15.1 Å². The van der Waals surface area contributed by atoms with Gasteiger partial charge in [-0.3, -0.25) is 14.8 Å². The minimum Gasteiger partial charge on any atom is -0.320 e. The van der Waals surface area contributed by atoms with Gasteiger partial charge in [0.25, 0.3) is 5.91 Å². The van der Waals surface area contributed by atoms with Crippen molar-refractivity contribution in [1.29, 1.82) is 0 Å². The van der Waals surface area contributed by atoms with Crippen LogP contribution in [0.5, 0.6) is 0 Å². The number of fused-ring (bicyclic) bond motifs is 1. The Morgan fingerprint density at radius 2 is 1.88 bits per heavy atom. The summed E-state index contributed by atoms with van der Waals surface area (Å²) in [5, 5.41) is 10.9. The Hall–Kier alpha value is -2.66. The number of rotatable bonds is 4. The lowest BCUT2D eigenvalue weighted by atomic mass is 10.1. The van der Waals surface area contributed by atoms with Crippen LogP contribution < -0.4 is 5.32 Å². The zero-order valence-corrected chi connectivity index (χ0v) is 14.2. The van der Waals surface area contributed by atoms with Gasteiger partial charge in [0.2, 0.25) is 0 Å². The van der Waals surface area contributed by atoms with Gasteiger partial charge >= 0.3 is 0 Å². The lowest BCUT2D eigenvalue weighted by Gasteiger charge is -2.26. The molecule has 4 rings (SSSR count). The van der Waals surface area contributed by atoms with Crippen molar-refractivity contribution in [3.63, 3.8) is 0 Å². The van der Waals surface area contributed by atoms with E-state index in [4.69, 9.17) is 0 Å². The summed E-state index contributed by atoms with van der Waals surface area (Å²) in [6.45, 7) is 3.32. The number of aromatic nitrogens is 2. The van der Waals surface area contributed by atoms with Crippen molar-refractivity contribution in [3.8, 4) is 0 Å². The van der Waals surface area contributed by atoms with E-state index in [1.807, 2.05) is 30.3 Å². The molecule has 25 heavy (non-hydrogen) atoms. The quantitative estimate of drug-likeness (QED) is 0.763. The molecule has 1 saturated heterocycles. The molecule has 0 atom stereocenters. The van der Waals surface area contributed by atoms with Crippen LogP contribution in [0.4, 0.5) is 5.69 Å². The smallest absolute Gasteiger partial charge is 0.255 e. The van der Waals surface area contributed by atoms with E-state index in [2.05, 4.69) is 32.5 Å². The number of anilines is 1. The maximum absolute atomic E-state index is 12.5. The Balaban J connectivity index is 1.44. The second-order valence-corrected chi connectivity index (χ2v) is 6.63. The number of carbonyl (C=O) groups excluding carboxylic acids is 1. The minimum atomic E-state index is -0.105. The summed E-state index contributed by atoms with van der Waals surface area (Å²) in [4.78, 5) is 15.0. The summed E-state index contributed by atoms with van der Waals surface area (Å²) in [6, 6.07) is 13.7. The second-order valence-electron chi connectivity index (χ2n) is 6.63. The summed E-state index contributed by atoms with van der Waals surface area (Å²) in [6.07, 6.45) is 5.68. The van der Waals surface area contributed by atoms with Crippen LogP contribution in [-0.2, 0) is 6.54 Å². The number of nitrogens with zero attached hydrogens (tertiary/aromatic N) is 2. The van der Waals surface area contributed by atoms with Crippen molar-refractivity contribution >= 4 is 22.5 Å². The molecule has 0 spiro atoms. The zero-order chi connectivity index (χ0) is 17.1. The zero-order valence-electron chi connectivity index (χ0n) is 14.2.